The Morgan fingerprint density at radius 2 is 1.59 bits per heavy atom. The van der Waals surface area contributed by atoms with E-state index in [1.807, 2.05) is 13.8 Å². The van der Waals surface area contributed by atoms with E-state index in [2.05, 4.69) is 5.32 Å². The van der Waals surface area contributed by atoms with Gasteiger partial charge in [-0.1, -0.05) is 26.7 Å². The molecule has 0 radical (unpaired) electrons. The molecule has 1 heterocycles. The van der Waals surface area contributed by atoms with Crippen LogP contribution in [0.25, 0.3) is 0 Å². The van der Waals surface area contributed by atoms with E-state index < -0.39 is 21.7 Å². The zero-order valence-electron chi connectivity index (χ0n) is 16.1. The summed E-state index contributed by atoms with van der Waals surface area (Å²) < 4.78 is 28.6. The molecular weight excluding hydrogens is 364 g/mol. The third-order valence-electron chi connectivity index (χ3n) is 5.44. The lowest BCUT2D eigenvalue weighted by Crippen LogP contribution is -2.34. The number of fused-ring (bicyclic) bond motifs is 3. The Morgan fingerprint density at radius 3 is 2.19 bits per heavy atom. The van der Waals surface area contributed by atoms with Crippen LogP contribution >= 0.6 is 0 Å². The molecule has 2 aliphatic rings. The van der Waals surface area contributed by atoms with Crippen molar-refractivity contribution < 1.29 is 18.0 Å². The molecule has 27 heavy (non-hydrogen) atoms. The van der Waals surface area contributed by atoms with Crippen molar-refractivity contribution in [2.75, 3.05) is 18.4 Å². The first kappa shape index (κ1) is 20.0. The van der Waals surface area contributed by atoms with Crippen LogP contribution < -0.4 is 5.32 Å². The van der Waals surface area contributed by atoms with Crippen molar-refractivity contribution in [3.05, 3.63) is 22.8 Å². The smallest absolute Gasteiger partial charge is 0.296 e. The normalized spacial score (nSPS) is 16.4. The Morgan fingerprint density at radius 1 is 1.00 bits per heavy atom. The van der Waals surface area contributed by atoms with Crippen molar-refractivity contribution in [2.45, 2.75) is 70.1 Å². The fourth-order valence-electron chi connectivity index (χ4n) is 3.91. The number of rotatable bonds is 8. The highest BCUT2D eigenvalue weighted by atomic mass is 32.2. The molecule has 0 atom stereocenters. The summed E-state index contributed by atoms with van der Waals surface area (Å²) in [6.45, 7) is 5.04. The number of anilines is 1. The van der Waals surface area contributed by atoms with Crippen LogP contribution in [0.3, 0.4) is 0 Å². The predicted molar refractivity (Wildman–Crippen MR) is 105 cm³/mol. The summed E-state index contributed by atoms with van der Waals surface area (Å²) in [6, 6.07) is 1.44. The molecule has 1 aromatic carbocycles. The maximum absolute atomic E-state index is 13.5. The van der Waals surface area contributed by atoms with Crippen LogP contribution in [0.15, 0.2) is 11.0 Å². The molecule has 0 saturated heterocycles. The number of nitrogens with one attached hydrogen (secondary N) is 1. The topological polar surface area (TPSA) is 83.6 Å². The van der Waals surface area contributed by atoms with Crippen LogP contribution in [0.5, 0.6) is 0 Å². The van der Waals surface area contributed by atoms with E-state index >= 15 is 0 Å². The largest absolute Gasteiger partial charge is 0.318 e. The molecule has 7 heteroatoms. The fourth-order valence-corrected chi connectivity index (χ4v) is 5.73. The average molecular weight is 393 g/mol. The summed E-state index contributed by atoms with van der Waals surface area (Å²) in [4.78, 5) is 24.4. The number of benzene rings is 1. The van der Waals surface area contributed by atoms with E-state index in [1.165, 1.54) is 6.07 Å². The van der Waals surface area contributed by atoms with E-state index in [-0.39, 0.29) is 10.5 Å². The zero-order valence-corrected chi connectivity index (χ0v) is 17.0. The molecule has 0 unspecified atom stereocenters. The summed E-state index contributed by atoms with van der Waals surface area (Å²) >= 11 is 0. The van der Waals surface area contributed by atoms with Crippen molar-refractivity contribution in [3.8, 4) is 0 Å². The quantitative estimate of drug-likeness (QED) is 0.688. The van der Waals surface area contributed by atoms with Gasteiger partial charge in [0.2, 0.25) is 10.0 Å². The number of ketones is 1. The van der Waals surface area contributed by atoms with Crippen molar-refractivity contribution in [3.63, 3.8) is 0 Å². The van der Waals surface area contributed by atoms with Gasteiger partial charge in [-0.15, -0.1) is 0 Å². The third-order valence-corrected chi connectivity index (χ3v) is 7.41. The lowest BCUT2D eigenvalue weighted by molar-refractivity contribution is -0.112. The molecule has 148 valence electrons. The van der Waals surface area contributed by atoms with Crippen LogP contribution in [-0.2, 0) is 27.7 Å². The minimum Gasteiger partial charge on any atom is -0.318 e. The number of unbranched alkanes of at least 4 members (excludes halogenated alkanes) is 2. The Balaban J connectivity index is 2.12. The van der Waals surface area contributed by atoms with Gasteiger partial charge in [-0.2, -0.15) is 4.31 Å². The fraction of sp³-hybridized carbons (Fsp3) is 0.600. The van der Waals surface area contributed by atoms with Crippen molar-refractivity contribution in [1.29, 1.82) is 0 Å². The molecule has 6 nitrogen and oxygen atoms in total. The van der Waals surface area contributed by atoms with E-state index in [4.69, 9.17) is 0 Å². The van der Waals surface area contributed by atoms with Crippen LogP contribution in [0.2, 0.25) is 0 Å². The van der Waals surface area contributed by atoms with E-state index in [0.717, 1.165) is 49.7 Å². The highest BCUT2D eigenvalue weighted by molar-refractivity contribution is 7.89. The average Bonchev–Trinajstić information content (AvgIpc) is 2.95. The Kier molecular flexibility index (Phi) is 6.01. The van der Waals surface area contributed by atoms with Crippen molar-refractivity contribution in [1.82, 2.24) is 4.31 Å². The zero-order chi connectivity index (χ0) is 19.6. The van der Waals surface area contributed by atoms with Crippen LogP contribution in [0.1, 0.15) is 73.9 Å². The minimum absolute atomic E-state index is 0.213. The number of hydrogen-bond acceptors (Lipinski definition) is 4. The molecule has 1 amide bonds. The summed E-state index contributed by atoms with van der Waals surface area (Å²) in [7, 11) is -3.71. The maximum Gasteiger partial charge on any atom is 0.296 e. The first-order valence-corrected chi connectivity index (χ1v) is 11.4. The summed E-state index contributed by atoms with van der Waals surface area (Å²) in [6.07, 6.45) is 6.64. The van der Waals surface area contributed by atoms with Gasteiger partial charge in [-0.25, -0.2) is 8.42 Å². The molecule has 0 saturated carbocycles. The maximum atomic E-state index is 13.5. The van der Waals surface area contributed by atoms with Gasteiger partial charge < -0.3 is 5.32 Å². The highest BCUT2D eigenvalue weighted by Gasteiger charge is 2.37. The van der Waals surface area contributed by atoms with E-state index in [1.54, 1.807) is 4.31 Å². The molecule has 1 N–H and O–H groups in total. The summed E-state index contributed by atoms with van der Waals surface area (Å²) in [5.74, 6) is -1.30. The minimum atomic E-state index is -3.71. The van der Waals surface area contributed by atoms with Gasteiger partial charge in [-0.3, -0.25) is 9.59 Å². The van der Waals surface area contributed by atoms with Gasteiger partial charge in [0.15, 0.2) is 0 Å². The second kappa shape index (κ2) is 8.10. The molecular formula is C20H28N2O4S. The lowest BCUT2D eigenvalue weighted by Gasteiger charge is -2.27. The van der Waals surface area contributed by atoms with Gasteiger partial charge in [0, 0.05) is 13.1 Å². The Hall–Kier alpha value is -1.73. The predicted octanol–water partition coefficient (Wildman–Crippen LogP) is 3.29. The second-order valence-corrected chi connectivity index (χ2v) is 9.26. The van der Waals surface area contributed by atoms with Crippen molar-refractivity contribution >= 4 is 27.4 Å². The number of hydrogen-bond donors (Lipinski definition) is 1. The highest BCUT2D eigenvalue weighted by Crippen LogP contribution is 2.39. The Labute approximate surface area is 161 Å². The third kappa shape index (κ3) is 3.67. The number of nitrogens with zero attached hydrogens (tertiary/aromatic N) is 1. The number of sulfonamides is 1. The first-order valence-electron chi connectivity index (χ1n) is 9.96. The van der Waals surface area contributed by atoms with E-state index in [9.17, 15) is 18.0 Å². The first-order chi connectivity index (χ1) is 12.9. The number of amides is 1. The van der Waals surface area contributed by atoms with Gasteiger partial charge in [0.25, 0.3) is 11.7 Å². The van der Waals surface area contributed by atoms with Crippen LogP contribution in [0.4, 0.5) is 5.69 Å². The molecule has 0 bridgehead atoms. The lowest BCUT2D eigenvalue weighted by atomic mass is 9.88. The van der Waals surface area contributed by atoms with Crippen LogP contribution in [-0.4, -0.2) is 37.5 Å². The van der Waals surface area contributed by atoms with Gasteiger partial charge >= 0.3 is 0 Å². The number of Topliss-reactive ketones (excluding diaryl/α,β-unsaturated/α-hetero) is 1. The molecule has 1 aliphatic carbocycles. The summed E-state index contributed by atoms with van der Waals surface area (Å²) in [5.41, 5.74) is 2.37. The van der Waals surface area contributed by atoms with Crippen molar-refractivity contribution in [2.24, 2.45) is 0 Å². The van der Waals surface area contributed by atoms with E-state index in [0.29, 0.717) is 31.6 Å². The summed E-state index contributed by atoms with van der Waals surface area (Å²) in [5, 5.41) is 2.65. The SMILES string of the molecule is CCCCN(CCCC)S(=O)(=O)c1cc2c(c3c1CCCC3)NC(=O)C2=O. The second-order valence-electron chi connectivity index (χ2n) is 7.36. The monoisotopic (exact) mass is 392 g/mol. The molecule has 0 fully saturated rings. The molecule has 0 aromatic heterocycles. The number of carbonyl (C=O) groups excluding carboxylic acids is 2. The molecule has 1 aromatic rings. The van der Waals surface area contributed by atoms with Gasteiger partial charge in [0.05, 0.1) is 16.1 Å². The molecule has 1 aliphatic heterocycles. The number of carbonyl (C=O) groups is 2. The Bertz CT molecular complexity index is 853. The standard InChI is InChI=1S/C20H28N2O4S/c1-3-5-11-22(12-6-4-2)27(25,26)17-13-16-18(21-20(24)19(16)23)15-10-8-7-9-14(15)17/h13H,3-12H2,1-2H3,(H,21,23,24). The molecule has 3 rings (SSSR count). The van der Waals surface area contributed by atoms with Gasteiger partial charge in [0.1, 0.15) is 0 Å². The molecule has 0 spiro atoms. The van der Waals surface area contributed by atoms with Crippen LogP contribution in [0, 0.1) is 0 Å². The van der Waals surface area contributed by atoms with Gasteiger partial charge in [-0.05, 0) is 55.7 Å².